The number of likely N-dealkylation sites (tertiary alicyclic amines) is 2. The van der Waals surface area contributed by atoms with Crippen LogP contribution in [0.3, 0.4) is 0 Å². The fourth-order valence-electron chi connectivity index (χ4n) is 8.25. The number of rotatable bonds is 7. The molecule has 12 nitrogen and oxygen atoms in total. The van der Waals surface area contributed by atoms with E-state index >= 15 is 0 Å². The van der Waals surface area contributed by atoms with Gasteiger partial charge in [0.1, 0.15) is 6.04 Å². The van der Waals surface area contributed by atoms with Gasteiger partial charge >= 0.3 is 12.1 Å². The number of para-hydroxylation sites is 1. The number of aromatic nitrogens is 2. The highest BCUT2D eigenvalue weighted by Crippen LogP contribution is 2.26. The summed E-state index contributed by atoms with van der Waals surface area (Å²) in [6, 6.07) is 11.8. The number of hydrogen-bond donors (Lipinski definition) is 3. The maximum Gasteiger partial charge on any atom is 0.322 e. The highest BCUT2D eigenvalue weighted by Gasteiger charge is 2.35. The fraction of sp³-hybridized carbons (Fsp3) is 0.568. The van der Waals surface area contributed by atoms with Gasteiger partial charge in [0, 0.05) is 88.5 Å². The number of aryl methyl sites for hydroxylation is 1. The van der Waals surface area contributed by atoms with Crippen LogP contribution in [0.4, 0.5) is 15.3 Å². The standard InChI is InChI=1S/C37H51N9O3/c1-3-27-22-26(23-29-25-38-41-34(27)29)24-33(35(47)44-13-9-30(10-14-44)43-20-18-42(2)19-21-43)40-36(48)45-15-11-31(12-16-45)46-17-8-28-6-4-5-7-32(28)39-37(46)49/h4-7,22-23,25,30-31,33H,3,8-21,24H2,1-2H3,(H,38,41)(H,39,49)(H,40,48). The maximum atomic E-state index is 14.2. The van der Waals surface area contributed by atoms with Crippen molar-refractivity contribution in [3.05, 3.63) is 59.3 Å². The molecule has 3 aromatic rings. The Hall–Kier alpha value is -4.16. The summed E-state index contributed by atoms with van der Waals surface area (Å²) in [6.45, 7) is 9.58. The second kappa shape index (κ2) is 14.8. The number of likely N-dealkylation sites (N-methyl/N-ethyl adjacent to an activating group) is 1. The van der Waals surface area contributed by atoms with Gasteiger partial charge in [0.25, 0.3) is 0 Å². The molecular formula is C37H51N9O3. The summed E-state index contributed by atoms with van der Waals surface area (Å²) >= 11 is 0. The molecule has 0 aliphatic carbocycles. The lowest BCUT2D eigenvalue weighted by molar-refractivity contribution is -0.135. The summed E-state index contributed by atoms with van der Waals surface area (Å²) in [5.74, 6) is -0.00814. The molecule has 12 heteroatoms. The first-order valence-corrected chi connectivity index (χ1v) is 18.2. The van der Waals surface area contributed by atoms with Crippen molar-refractivity contribution in [2.24, 2.45) is 0 Å². The average molecular weight is 670 g/mol. The number of carbonyl (C=O) groups excluding carboxylic acids is 3. The maximum absolute atomic E-state index is 14.2. The first-order valence-electron chi connectivity index (χ1n) is 18.2. The summed E-state index contributed by atoms with van der Waals surface area (Å²) < 4.78 is 0. The molecule has 7 rings (SSSR count). The lowest BCUT2D eigenvalue weighted by atomic mass is 9.97. The van der Waals surface area contributed by atoms with Crippen LogP contribution < -0.4 is 10.6 Å². The summed E-state index contributed by atoms with van der Waals surface area (Å²) in [4.78, 5) is 51.9. The average Bonchev–Trinajstić information content (AvgIpc) is 3.54. The number of aromatic amines is 1. The first-order chi connectivity index (χ1) is 23.9. The van der Waals surface area contributed by atoms with E-state index in [1.54, 1.807) is 0 Å². The van der Waals surface area contributed by atoms with Crippen molar-refractivity contribution in [2.75, 3.05) is 71.3 Å². The zero-order valence-corrected chi connectivity index (χ0v) is 29.0. The monoisotopic (exact) mass is 669 g/mol. The third kappa shape index (κ3) is 7.40. The van der Waals surface area contributed by atoms with Crippen molar-refractivity contribution in [1.82, 2.24) is 40.0 Å². The summed E-state index contributed by atoms with van der Waals surface area (Å²) in [5, 5.41) is 14.6. The molecule has 4 aliphatic heterocycles. The van der Waals surface area contributed by atoms with Crippen LogP contribution in [0.1, 0.15) is 49.3 Å². The van der Waals surface area contributed by atoms with Crippen LogP contribution in [0, 0.1) is 0 Å². The lowest BCUT2D eigenvalue weighted by Gasteiger charge is -2.42. The third-order valence-corrected chi connectivity index (χ3v) is 11.3. The van der Waals surface area contributed by atoms with E-state index in [0.717, 1.165) is 85.1 Å². The Morgan fingerprint density at radius 3 is 2.39 bits per heavy atom. The second-order valence-corrected chi connectivity index (χ2v) is 14.3. The van der Waals surface area contributed by atoms with Crippen LogP contribution in [0.5, 0.6) is 0 Å². The van der Waals surface area contributed by atoms with Gasteiger partial charge < -0.3 is 30.2 Å². The number of benzene rings is 2. The topological polar surface area (TPSA) is 120 Å². The smallest absolute Gasteiger partial charge is 0.322 e. The summed E-state index contributed by atoms with van der Waals surface area (Å²) in [6.07, 6.45) is 7.20. The molecule has 1 atom stereocenters. The zero-order chi connectivity index (χ0) is 33.9. The van der Waals surface area contributed by atoms with Crippen molar-refractivity contribution in [1.29, 1.82) is 0 Å². The molecule has 5 amide bonds. The van der Waals surface area contributed by atoms with Crippen molar-refractivity contribution >= 4 is 34.6 Å². The summed E-state index contributed by atoms with van der Waals surface area (Å²) in [7, 11) is 2.18. The van der Waals surface area contributed by atoms with Gasteiger partial charge in [0.15, 0.2) is 0 Å². The van der Waals surface area contributed by atoms with E-state index < -0.39 is 6.04 Å². The molecule has 0 spiro atoms. The quantitative estimate of drug-likeness (QED) is 0.354. The molecule has 2 aromatic carbocycles. The molecule has 1 unspecified atom stereocenters. The van der Waals surface area contributed by atoms with Crippen molar-refractivity contribution in [2.45, 2.75) is 70.0 Å². The Morgan fingerprint density at radius 2 is 1.63 bits per heavy atom. The minimum absolute atomic E-state index is 0.00814. The van der Waals surface area contributed by atoms with Gasteiger partial charge in [-0.25, -0.2) is 9.59 Å². The molecule has 3 fully saturated rings. The number of piperidine rings is 2. The van der Waals surface area contributed by atoms with E-state index in [1.807, 2.05) is 39.1 Å². The van der Waals surface area contributed by atoms with Crippen LogP contribution in [0.2, 0.25) is 0 Å². The molecular weight excluding hydrogens is 618 g/mol. The number of H-pyrrole nitrogens is 1. The van der Waals surface area contributed by atoms with Gasteiger partial charge in [-0.05, 0) is 74.4 Å². The number of carbonyl (C=O) groups is 3. The lowest BCUT2D eigenvalue weighted by Crippen LogP contribution is -2.58. The molecule has 0 radical (unpaired) electrons. The van der Waals surface area contributed by atoms with Crippen molar-refractivity contribution in [3.8, 4) is 0 Å². The molecule has 3 saturated heterocycles. The van der Waals surface area contributed by atoms with E-state index in [2.05, 4.69) is 62.8 Å². The SMILES string of the molecule is CCc1cc(CC(NC(=O)N2CCC(N3CCc4ccccc4NC3=O)CC2)C(=O)N2CCC(N3CCN(C)CC3)CC2)cc2cn[nH]c12. The van der Waals surface area contributed by atoms with E-state index in [9.17, 15) is 14.4 Å². The van der Waals surface area contributed by atoms with Crippen LogP contribution in [0.15, 0.2) is 42.6 Å². The van der Waals surface area contributed by atoms with E-state index in [4.69, 9.17) is 0 Å². The van der Waals surface area contributed by atoms with Crippen molar-refractivity contribution < 1.29 is 14.4 Å². The Balaban J connectivity index is 1.01. The van der Waals surface area contributed by atoms with Crippen LogP contribution >= 0.6 is 0 Å². The largest absolute Gasteiger partial charge is 0.341 e. The van der Waals surface area contributed by atoms with E-state index in [1.165, 1.54) is 0 Å². The van der Waals surface area contributed by atoms with Gasteiger partial charge in [0.2, 0.25) is 5.91 Å². The van der Waals surface area contributed by atoms with E-state index in [-0.39, 0.29) is 24.0 Å². The van der Waals surface area contributed by atoms with Crippen LogP contribution in [-0.2, 0) is 24.1 Å². The number of amides is 5. The number of piperazine rings is 1. The van der Waals surface area contributed by atoms with Gasteiger partial charge in [-0.15, -0.1) is 0 Å². The zero-order valence-electron chi connectivity index (χ0n) is 29.0. The molecule has 262 valence electrons. The normalized spacial score (nSPS) is 20.9. The van der Waals surface area contributed by atoms with Gasteiger partial charge in [0.05, 0.1) is 11.7 Å². The predicted molar refractivity (Wildman–Crippen MR) is 191 cm³/mol. The molecule has 5 heterocycles. The number of hydrogen-bond acceptors (Lipinski definition) is 6. The molecule has 3 N–H and O–H groups in total. The Kier molecular flexibility index (Phi) is 10.0. The van der Waals surface area contributed by atoms with Gasteiger partial charge in [-0.1, -0.05) is 31.2 Å². The predicted octanol–water partition coefficient (Wildman–Crippen LogP) is 3.54. The first kappa shape index (κ1) is 33.3. The highest BCUT2D eigenvalue weighted by molar-refractivity contribution is 5.91. The highest BCUT2D eigenvalue weighted by atomic mass is 16.2. The number of nitrogens with zero attached hydrogens (tertiary/aromatic N) is 6. The number of fused-ring (bicyclic) bond motifs is 2. The molecule has 0 saturated carbocycles. The van der Waals surface area contributed by atoms with E-state index in [0.29, 0.717) is 58.0 Å². The number of nitrogens with one attached hydrogen (secondary N) is 3. The number of anilines is 1. The molecule has 0 bridgehead atoms. The molecule has 1 aromatic heterocycles. The van der Waals surface area contributed by atoms with Crippen LogP contribution in [0.25, 0.3) is 10.9 Å². The third-order valence-electron chi connectivity index (χ3n) is 11.3. The Bertz CT molecular complexity index is 1630. The minimum Gasteiger partial charge on any atom is -0.341 e. The van der Waals surface area contributed by atoms with Crippen molar-refractivity contribution in [3.63, 3.8) is 0 Å². The fourth-order valence-corrected chi connectivity index (χ4v) is 8.25. The Morgan fingerprint density at radius 1 is 0.918 bits per heavy atom. The minimum atomic E-state index is -0.672. The molecule has 4 aliphatic rings. The number of urea groups is 2. The second-order valence-electron chi connectivity index (χ2n) is 14.3. The van der Waals surface area contributed by atoms with Crippen LogP contribution in [-0.4, -0.2) is 137 Å². The molecule has 49 heavy (non-hydrogen) atoms. The van der Waals surface area contributed by atoms with Gasteiger partial charge in [-0.3, -0.25) is 14.8 Å². The summed E-state index contributed by atoms with van der Waals surface area (Å²) in [5.41, 5.74) is 5.22. The van der Waals surface area contributed by atoms with Gasteiger partial charge in [-0.2, -0.15) is 5.10 Å². The Labute approximate surface area is 289 Å².